The lowest BCUT2D eigenvalue weighted by Crippen LogP contribution is -2.51. The van der Waals surface area contributed by atoms with Crippen LogP contribution in [-0.2, 0) is 10.0 Å². The van der Waals surface area contributed by atoms with Gasteiger partial charge in [0, 0.05) is 18.1 Å². The molecule has 0 aromatic carbocycles. The Kier molecular flexibility index (Phi) is 2.18. The van der Waals surface area contributed by atoms with Crippen LogP contribution in [0.2, 0.25) is 0 Å². The summed E-state index contributed by atoms with van der Waals surface area (Å²) in [7, 11) is -3.05. The molecule has 14 heavy (non-hydrogen) atoms. The first-order valence-electron chi connectivity index (χ1n) is 5.14. The summed E-state index contributed by atoms with van der Waals surface area (Å²) in [5.74, 6) is 0. The standard InChI is InChI=1S/C9H18N2O2S/c1-9(2)8(10)5-6-11(9)14(12,13)7-3-4-7/h7-8H,3-6,10H2,1-2H3. The van der Waals surface area contributed by atoms with Gasteiger partial charge >= 0.3 is 0 Å². The Morgan fingerprint density at radius 1 is 1.29 bits per heavy atom. The quantitative estimate of drug-likeness (QED) is 0.724. The normalized spacial score (nSPS) is 33.5. The number of hydrogen-bond acceptors (Lipinski definition) is 3. The molecule has 1 saturated carbocycles. The van der Waals surface area contributed by atoms with Crippen LogP contribution in [0, 0.1) is 0 Å². The molecule has 0 aromatic rings. The molecule has 1 heterocycles. The predicted molar refractivity (Wildman–Crippen MR) is 55.3 cm³/mol. The Balaban J connectivity index is 2.27. The van der Waals surface area contributed by atoms with Crippen molar-refractivity contribution in [2.45, 2.75) is 49.9 Å². The first kappa shape index (κ1) is 10.4. The average Bonchev–Trinajstić information content (AvgIpc) is 2.81. The van der Waals surface area contributed by atoms with Gasteiger partial charge in [0.15, 0.2) is 0 Å². The molecule has 1 unspecified atom stereocenters. The molecule has 5 heteroatoms. The summed E-state index contributed by atoms with van der Waals surface area (Å²) in [5.41, 5.74) is 5.51. The first-order valence-corrected chi connectivity index (χ1v) is 6.64. The molecular formula is C9H18N2O2S. The van der Waals surface area contributed by atoms with Crippen LogP contribution in [0.25, 0.3) is 0 Å². The highest BCUT2D eigenvalue weighted by atomic mass is 32.2. The van der Waals surface area contributed by atoms with E-state index in [2.05, 4.69) is 0 Å². The lowest BCUT2D eigenvalue weighted by Gasteiger charge is -2.33. The maximum absolute atomic E-state index is 12.0. The SMILES string of the molecule is CC1(C)C(N)CCN1S(=O)(=O)C1CC1. The van der Waals surface area contributed by atoms with Gasteiger partial charge in [-0.2, -0.15) is 4.31 Å². The minimum absolute atomic E-state index is 0.0315. The zero-order valence-corrected chi connectivity index (χ0v) is 9.55. The smallest absolute Gasteiger partial charge is 0.217 e. The molecule has 0 aromatic heterocycles. The molecule has 82 valence electrons. The van der Waals surface area contributed by atoms with Crippen molar-refractivity contribution in [2.24, 2.45) is 5.73 Å². The van der Waals surface area contributed by atoms with E-state index in [9.17, 15) is 8.42 Å². The highest BCUT2D eigenvalue weighted by Gasteiger charge is 2.50. The van der Waals surface area contributed by atoms with E-state index in [4.69, 9.17) is 5.73 Å². The fraction of sp³-hybridized carbons (Fsp3) is 1.00. The molecule has 1 aliphatic carbocycles. The first-order chi connectivity index (χ1) is 6.37. The summed E-state index contributed by atoms with van der Waals surface area (Å²) in [5, 5.41) is -0.118. The molecule has 2 aliphatic rings. The second-order valence-corrected chi connectivity index (χ2v) is 7.00. The zero-order valence-electron chi connectivity index (χ0n) is 8.73. The summed E-state index contributed by atoms with van der Waals surface area (Å²) < 4.78 is 25.7. The van der Waals surface area contributed by atoms with Crippen molar-refractivity contribution in [3.63, 3.8) is 0 Å². The fourth-order valence-corrected chi connectivity index (χ4v) is 4.33. The van der Waals surface area contributed by atoms with Gasteiger partial charge in [0.25, 0.3) is 0 Å². The van der Waals surface area contributed by atoms with E-state index in [1.54, 1.807) is 4.31 Å². The van der Waals surface area contributed by atoms with E-state index in [-0.39, 0.29) is 11.3 Å². The maximum atomic E-state index is 12.0. The van der Waals surface area contributed by atoms with Gasteiger partial charge in [-0.05, 0) is 33.1 Å². The van der Waals surface area contributed by atoms with Crippen molar-refractivity contribution in [3.8, 4) is 0 Å². The third kappa shape index (κ3) is 1.38. The van der Waals surface area contributed by atoms with Gasteiger partial charge in [-0.15, -0.1) is 0 Å². The van der Waals surface area contributed by atoms with Gasteiger partial charge in [0.1, 0.15) is 0 Å². The Morgan fingerprint density at radius 2 is 1.86 bits per heavy atom. The van der Waals surface area contributed by atoms with E-state index in [1.165, 1.54) is 0 Å². The second-order valence-electron chi connectivity index (χ2n) is 4.87. The molecule has 1 aliphatic heterocycles. The molecule has 2 N–H and O–H groups in total. The number of nitrogens with two attached hydrogens (primary N) is 1. The van der Waals surface area contributed by atoms with Crippen LogP contribution in [0.1, 0.15) is 33.1 Å². The van der Waals surface area contributed by atoms with Gasteiger partial charge in [0.2, 0.25) is 10.0 Å². The van der Waals surface area contributed by atoms with Crippen LogP contribution < -0.4 is 5.73 Å². The maximum Gasteiger partial charge on any atom is 0.217 e. The Hall–Kier alpha value is -0.130. The number of hydrogen-bond donors (Lipinski definition) is 1. The third-order valence-electron chi connectivity index (χ3n) is 3.45. The predicted octanol–water partition coefficient (Wildman–Crippen LogP) is 0.290. The number of nitrogens with zero attached hydrogens (tertiary/aromatic N) is 1. The second kappa shape index (κ2) is 2.93. The molecule has 0 radical (unpaired) electrons. The molecule has 2 rings (SSSR count). The Labute approximate surface area is 85.5 Å². The van der Waals surface area contributed by atoms with E-state index in [0.717, 1.165) is 19.3 Å². The molecule has 0 bridgehead atoms. The van der Waals surface area contributed by atoms with E-state index < -0.39 is 15.6 Å². The minimum atomic E-state index is -3.05. The third-order valence-corrected chi connectivity index (χ3v) is 6.03. The monoisotopic (exact) mass is 218 g/mol. The lowest BCUT2D eigenvalue weighted by atomic mass is 9.98. The molecule has 0 spiro atoms. The molecule has 1 saturated heterocycles. The molecular weight excluding hydrogens is 200 g/mol. The zero-order chi connectivity index (χ0) is 10.6. The van der Waals surface area contributed by atoms with Crippen molar-refractivity contribution in [3.05, 3.63) is 0 Å². The van der Waals surface area contributed by atoms with Crippen LogP contribution in [-0.4, -0.2) is 36.1 Å². The van der Waals surface area contributed by atoms with E-state index in [0.29, 0.717) is 6.54 Å². The summed E-state index contributed by atoms with van der Waals surface area (Å²) >= 11 is 0. The average molecular weight is 218 g/mol. The van der Waals surface area contributed by atoms with Crippen LogP contribution in [0.15, 0.2) is 0 Å². The van der Waals surface area contributed by atoms with Gasteiger partial charge in [-0.3, -0.25) is 0 Å². The molecule has 2 fully saturated rings. The fourth-order valence-electron chi connectivity index (χ4n) is 2.08. The van der Waals surface area contributed by atoms with Crippen LogP contribution in [0.3, 0.4) is 0 Å². The van der Waals surface area contributed by atoms with Crippen LogP contribution >= 0.6 is 0 Å². The number of sulfonamides is 1. The summed E-state index contributed by atoms with van der Waals surface area (Å²) in [6, 6.07) is -0.0315. The van der Waals surface area contributed by atoms with Crippen molar-refractivity contribution in [1.29, 1.82) is 0 Å². The van der Waals surface area contributed by atoms with Crippen molar-refractivity contribution < 1.29 is 8.42 Å². The lowest BCUT2D eigenvalue weighted by molar-refractivity contribution is 0.270. The van der Waals surface area contributed by atoms with Gasteiger partial charge < -0.3 is 5.73 Å². The molecule has 1 atom stereocenters. The van der Waals surface area contributed by atoms with Gasteiger partial charge in [-0.1, -0.05) is 0 Å². The molecule has 0 amide bonds. The summed E-state index contributed by atoms with van der Waals surface area (Å²) in [6.45, 7) is 4.43. The van der Waals surface area contributed by atoms with Crippen molar-refractivity contribution in [2.75, 3.05) is 6.54 Å². The largest absolute Gasteiger partial charge is 0.326 e. The highest BCUT2D eigenvalue weighted by Crippen LogP contribution is 2.38. The summed E-state index contributed by atoms with van der Waals surface area (Å²) in [4.78, 5) is 0. The Morgan fingerprint density at radius 3 is 2.21 bits per heavy atom. The topological polar surface area (TPSA) is 63.4 Å². The van der Waals surface area contributed by atoms with Crippen LogP contribution in [0.4, 0.5) is 0 Å². The van der Waals surface area contributed by atoms with Gasteiger partial charge in [-0.25, -0.2) is 8.42 Å². The Bertz CT molecular complexity index is 333. The van der Waals surface area contributed by atoms with Crippen molar-refractivity contribution in [1.82, 2.24) is 4.31 Å². The summed E-state index contributed by atoms with van der Waals surface area (Å²) in [6.07, 6.45) is 2.42. The number of rotatable bonds is 2. The van der Waals surface area contributed by atoms with Crippen LogP contribution in [0.5, 0.6) is 0 Å². The van der Waals surface area contributed by atoms with E-state index >= 15 is 0 Å². The van der Waals surface area contributed by atoms with Crippen molar-refractivity contribution >= 4 is 10.0 Å². The highest BCUT2D eigenvalue weighted by molar-refractivity contribution is 7.90. The van der Waals surface area contributed by atoms with Gasteiger partial charge in [0.05, 0.1) is 5.25 Å². The van der Waals surface area contributed by atoms with E-state index in [1.807, 2.05) is 13.8 Å². The minimum Gasteiger partial charge on any atom is -0.326 e. The molecule has 4 nitrogen and oxygen atoms in total.